The average molecular weight is 176 g/mol. The minimum atomic E-state index is -0.114. The van der Waals surface area contributed by atoms with Gasteiger partial charge in [0.05, 0.1) is 0 Å². The van der Waals surface area contributed by atoms with Gasteiger partial charge in [0.1, 0.15) is 19.0 Å². The molecular weight excluding hydrogens is 164 g/mol. The monoisotopic (exact) mass is 176 g/mol. The van der Waals surface area contributed by atoms with Crippen molar-refractivity contribution in [2.45, 2.75) is 6.92 Å². The topological polar surface area (TPSA) is 29.5 Å². The Kier molecular flexibility index (Phi) is 3.87. The third-order valence-electron chi connectivity index (χ3n) is 1.54. The van der Waals surface area contributed by atoms with Gasteiger partial charge in [-0.1, -0.05) is 29.5 Å². The van der Waals surface area contributed by atoms with Crippen molar-refractivity contribution in [1.29, 1.82) is 0 Å². The van der Waals surface area contributed by atoms with Gasteiger partial charge < -0.3 is 9.84 Å². The van der Waals surface area contributed by atoms with Crippen molar-refractivity contribution in [3.63, 3.8) is 0 Å². The first kappa shape index (κ1) is 9.63. The van der Waals surface area contributed by atoms with E-state index in [9.17, 15) is 0 Å². The molecule has 1 N–H and O–H groups in total. The average Bonchev–Trinajstić information content (AvgIpc) is 2.15. The van der Waals surface area contributed by atoms with Crippen LogP contribution in [-0.4, -0.2) is 18.3 Å². The van der Waals surface area contributed by atoms with Crippen LogP contribution in [-0.2, 0) is 0 Å². The normalized spacial score (nSPS) is 8.77. The predicted octanol–water partition coefficient (Wildman–Crippen LogP) is 1.37. The second kappa shape index (κ2) is 5.23. The molecule has 0 bridgehead atoms. The van der Waals surface area contributed by atoms with Crippen LogP contribution >= 0.6 is 0 Å². The predicted molar refractivity (Wildman–Crippen MR) is 51.5 cm³/mol. The Balaban J connectivity index is 2.41. The highest BCUT2D eigenvalue weighted by Crippen LogP contribution is 2.10. The molecule has 0 saturated carbocycles. The molecule has 0 aromatic heterocycles. The molecule has 68 valence electrons. The maximum Gasteiger partial charge on any atom is 0.149 e. The first-order valence-electron chi connectivity index (χ1n) is 4.09. The molecule has 1 aromatic carbocycles. The molecule has 2 nitrogen and oxygen atoms in total. The van der Waals surface area contributed by atoms with Gasteiger partial charge in [-0.25, -0.2) is 0 Å². The molecule has 1 rings (SSSR count). The standard InChI is InChI=1S/C11H12O2/c1-10-4-6-11(7-5-10)13-9-3-2-8-12/h4-7,12H,8-9H2,1H3. The van der Waals surface area contributed by atoms with Crippen molar-refractivity contribution in [2.75, 3.05) is 13.2 Å². The van der Waals surface area contributed by atoms with E-state index in [-0.39, 0.29) is 6.61 Å². The van der Waals surface area contributed by atoms with Crippen molar-refractivity contribution >= 4 is 0 Å². The Morgan fingerprint density at radius 1 is 1.23 bits per heavy atom. The number of aryl methyl sites for hydroxylation is 1. The molecular formula is C11H12O2. The van der Waals surface area contributed by atoms with Crippen LogP contribution in [0.25, 0.3) is 0 Å². The van der Waals surface area contributed by atoms with Gasteiger partial charge >= 0.3 is 0 Å². The lowest BCUT2D eigenvalue weighted by atomic mass is 10.2. The van der Waals surface area contributed by atoms with Crippen molar-refractivity contribution in [2.24, 2.45) is 0 Å². The maximum absolute atomic E-state index is 8.37. The highest BCUT2D eigenvalue weighted by atomic mass is 16.5. The van der Waals surface area contributed by atoms with E-state index in [2.05, 4.69) is 11.8 Å². The number of aliphatic hydroxyl groups excluding tert-OH is 1. The molecule has 0 aliphatic heterocycles. The number of aliphatic hydroxyl groups is 1. The summed E-state index contributed by atoms with van der Waals surface area (Å²) in [5, 5.41) is 8.37. The molecule has 0 saturated heterocycles. The highest BCUT2D eigenvalue weighted by Gasteiger charge is 1.89. The van der Waals surface area contributed by atoms with Gasteiger partial charge in [0.15, 0.2) is 0 Å². The summed E-state index contributed by atoms with van der Waals surface area (Å²) in [5.41, 5.74) is 1.20. The van der Waals surface area contributed by atoms with E-state index in [1.807, 2.05) is 31.2 Å². The first-order valence-corrected chi connectivity index (χ1v) is 4.09. The quantitative estimate of drug-likeness (QED) is 0.689. The summed E-state index contributed by atoms with van der Waals surface area (Å²) < 4.78 is 5.28. The van der Waals surface area contributed by atoms with E-state index in [0.717, 1.165) is 5.75 Å². The van der Waals surface area contributed by atoms with Gasteiger partial charge in [-0.2, -0.15) is 0 Å². The zero-order valence-corrected chi connectivity index (χ0v) is 7.58. The second-order valence-electron chi connectivity index (χ2n) is 2.61. The highest BCUT2D eigenvalue weighted by molar-refractivity contribution is 5.26. The summed E-state index contributed by atoms with van der Waals surface area (Å²) in [6.45, 7) is 2.23. The van der Waals surface area contributed by atoms with E-state index in [4.69, 9.17) is 9.84 Å². The van der Waals surface area contributed by atoms with Gasteiger partial charge in [-0.3, -0.25) is 0 Å². The number of rotatable bonds is 2. The number of hydrogen-bond acceptors (Lipinski definition) is 2. The molecule has 0 atom stereocenters. The van der Waals surface area contributed by atoms with Crippen molar-refractivity contribution in [3.8, 4) is 17.6 Å². The lowest BCUT2D eigenvalue weighted by Crippen LogP contribution is -1.93. The van der Waals surface area contributed by atoms with Gasteiger partial charge in [0, 0.05) is 0 Å². The summed E-state index contributed by atoms with van der Waals surface area (Å²) in [5.74, 6) is 5.99. The molecule has 0 aliphatic carbocycles. The van der Waals surface area contributed by atoms with Crippen molar-refractivity contribution < 1.29 is 9.84 Å². The molecule has 0 spiro atoms. The molecule has 1 aromatic rings. The number of ether oxygens (including phenoxy) is 1. The van der Waals surface area contributed by atoms with Crippen LogP contribution in [0.15, 0.2) is 24.3 Å². The SMILES string of the molecule is Cc1ccc(OCC#CCO)cc1. The summed E-state index contributed by atoms with van der Waals surface area (Å²) >= 11 is 0. The summed E-state index contributed by atoms with van der Waals surface area (Å²) in [6.07, 6.45) is 0. The van der Waals surface area contributed by atoms with Gasteiger partial charge in [-0.05, 0) is 19.1 Å². The van der Waals surface area contributed by atoms with Gasteiger partial charge in [-0.15, -0.1) is 0 Å². The second-order valence-corrected chi connectivity index (χ2v) is 2.61. The minimum absolute atomic E-state index is 0.114. The molecule has 13 heavy (non-hydrogen) atoms. The summed E-state index contributed by atoms with van der Waals surface area (Å²) in [4.78, 5) is 0. The molecule has 0 radical (unpaired) electrons. The molecule has 2 heteroatoms. The number of hydrogen-bond donors (Lipinski definition) is 1. The van der Waals surface area contributed by atoms with E-state index in [1.165, 1.54) is 5.56 Å². The van der Waals surface area contributed by atoms with Crippen LogP contribution in [0.4, 0.5) is 0 Å². The molecule has 0 amide bonds. The fraction of sp³-hybridized carbons (Fsp3) is 0.273. The van der Waals surface area contributed by atoms with Crippen LogP contribution in [0.2, 0.25) is 0 Å². The van der Waals surface area contributed by atoms with Crippen LogP contribution in [0, 0.1) is 18.8 Å². The Bertz CT molecular complexity index is 303. The molecule has 0 aliphatic rings. The van der Waals surface area contributed by atoms with E-state index < -0.39 is 0 Å². The molecule has 0 unspecified atom stereocenters. The lowest BCUT2D eigenvalue weighted by molar-refractivity contribution is 0.347. The van der Waals surface area contributed by atoms with Crippen molar-refractivity contribution in [3.05, 3.63) is 29.8 Å². The fourth-order valence-corrected chi connectivity index (χ4v) is 0.861. The third-order valence-corrected chi connectivity index (χ3v) is 1.54. The van der Waals surface area contributed by atoms with Crippen LogP contribution in [0.1, 0.15) is 5.56 Å². The fourth-order valence-electron chi connectivity index (χ4n) is 0.861. The number of benzene rings is 1. The van der Waals surface area contributed by atoms with E-state index in [0.29, 0.717) is 6.61 Å². The summed E-state index contributed by atoms with van der Waals surface area (Å²) in [7, 11) is 0. The maximum atomic E-state index is 8.37. The zero-order chi connectivity index (χ0) is 9.52. The minimum Gasteiger partial charge on any atom is -0.481 e. The van der Waals surface area contributed by atoms with Crippen LogP contribution in [0.5, 0.6) is 5.75 Å². The third kappa shape index (κ3) is 3.64. The molecule has 0 fully saturated rings. The zero-order valence-electron chi connectivity index (χ0n) is 7.58. The largest absolute Gasteiger partial charge is 0.481 e. The molecule has 0 heterocycles. The van der Waals surface area contributed by atoms with E-state index >= 15 is 0 Å². The van der Waals surface area contributed by atoms with Crippen molar-refractivity contribution in [1.82, 2.24) is 0 Å². The first-order chi connectivity index (χ1) is 6.33. The van der Waals surface area contributed by atoms with Gasteiger partial charge in [0.25, 0.3) is 0 Å². The Labute approximate surface area is 78.2 Å². The van der Waals surface area contributed by atoms with E-state index in [1.54, 1.807) is 0 Å². The van der Waals surface area contributed by atoms with Gasteiger partial charge in [0.2, 0.25) is 0 Å². The Hall–Kier alpha value is -1.46. The lowest BCUT2D eigenvalue weighted by Gasteiger charge is -2.01. The smallest absolute Gasteiger partial charge is 0.149 e. The van der Waals surface area contributed by atoms with Crippen LogP contribution < -0.4 is 4.74 Å². The Morgan fingerprint density at radius 3 is 2.54 bits per heavy atom. The Morgan fingerprint density at radius 2 is 1.92 bits per heavy atom. The summed E-state index contributed by atoms with van der Waals surface area (Å²) in [6, 6.07) is 7.76. The van der Waals surface area contributed by atoms with Crippen LogP contribution in [0.3, 0.4) is 0 Å².